The summed E-state index contributed by atoms with van der Waals surface area (Å²) >= 11 is 8.88. The number of ether oxygens (including phenoxy) is 2. The summed E-state index contributed by atoms with van der Waals surface area (Å²) in [5.74, 6) is 0.716. The number of halogens is 1. The highest BCUT2D eigenvalue weighted by atomic mass is 35.5. The number of anilines is 1. The third-order valence-corrected chi connectivity index (χ3v) is 7.69. The van der Waals surface area contributed by atoms with E-state index in [0.717, 1.165) is 29.7 Å². The third-order valence-electron chi connectivity index (χ3n) is 5.20. The van der Waals surface area contributed by atoms with Crippen molar-refractivity contribution in [3.05, 3.63) is 51.1 Å². The number of thioether (sulfide) groups is 1. The number of rotatable bonds is 9. The molecule has 2 aromatic heterocycles. The van der Waals surface area contributed by atoms with Gasteiger partial charge in [0, 0.05) is 11.4 Å². The van der Waals surface area contributed by atoms with Crippen LogP contribution in [-0.4, -0.2) is 39.5 Å². The Bertz CT molecular complexity index is 1180. The normalized spacial score (nSPS) is 12.5. The topological polar surface area (TPSA) is 95.3 Å². The van der Waals surface area contributed by atoms with Crippen LogP contribution in [0.4, 0.5) is 5.00 Å². The molecule has 1 aromatic carbocycles. The molecular weight excluding hydrogens is 484 g/mol. The molecule has 0 saturated carbocycles. The predicted molar refractivity (Wildman–Crippen MR) is 129 cm³/mol. The van der Waals surface area contributed by atoms with Crippen LogP contribution in [0.5, 0.6) is 5.75 Å². The van der Waals surface area contributed by atoms with Gasteiger partial charge in [-0.2, -0.15) is 0 Å². The van der Waals surface area contributed by atoms with E-state index in [0.29, 0.717) is 38.9 Å². The van der Waals surface area contributed by atoms with Crippen LogP contribution in [0, 0.1) is 0 Å². The van der Waals surface area contributed by atoms with E-state index < -0.39 is 5.97 Å². The highest BCUT2D eigenvalue weighted by Gasteiger charge is 2.28. The van der Waals surface area contributed by atoms with Gasteiger partial charge in [0.1, 0.15) is 17.4 Å². The lowest BCUT2D eigenvalue weighted by atomic mass is 10.1. The standard InChI is InChI=1S/C22H23ClN4O4S2/c1-3-27-17(11-31-15-9-5-4-8-14(15)23)25-26-22(27)32-12-18(28)24-20-19(21(29)30-2)13-7-6-10-16(13)33-20/h4-5,8-9H,3,6-7,10-12H2,1-2H3,(H,24,28). The zero-order valence-corrected chi connectivity index (χ0v) is 20.6. The molecule has 1 amide bonds. The van der Waals surface area contributed by atoms with Crippen LogP contribution >= 0.6 is 34.7 Å². The van der Waals surface area contributed by atoms with Crippen LogP contribution < -0.4 is 10.1 Å². The second-order valence-corrected chi connectivity index (χ2v) is 9.71. The summed E-state index contributed by atoms with van der Waals surface area (Å²) in [6.45, 7) is 2.81. The number of hydrogen-bond acceptors (Lipinski definition) is 8. The zero-order valence-electron chi connectivity index (χ0n) is 18.2. The van der Waals surface area contributed by atoms with Gasteiger partial charge in [0.15, 0.2) is 11.0 Å². The first-order valence-corrected chi connectivity index (χ1v) is 12.6. The molecule has 174 valence electrons. The first-order chi connectivity index (χ1) is 16.0. The molecule has 1 aliphatic carbocycles. The SMILES string of the molecule is CCn1c(COc2ccccc2Cl)nnc1SCC(=O)Nc1sc2c(c1C(=O)OC)CCC2. The fourth-order valence-corrected chi connectivity index (χ4v) is 5.96. The van der Waals surface area contributed by atoms with E-state index in [-0.39, 0.29) is 18.3 Å². The van der Waals surface area contributed by atoms with E-state index in [1.54, 1.807) is 12.1 Å². The van der Waals surface area contributed by atoms with Crippen molar-refractivity contribution < 1.29 is 19.1 Å². The van der Waals surface area contributed by atoms with Crippen LogP contribution in [0.3, 0.4) is 0 Å². The third kappa shape index (κ3) is 5.18. The van der Waals surface area contributed by atoms with Gasteiger partial charge in [-0.15, -0.1) is 21.5 Å². The van der Waals surface area contributed by atoms with Gasteiger partial charge in [0.25, 0.3) is 0 Å². The van der Waals surface area contributed by atoms with E-state index in [9.17, 15) is 9.59 Å². The van der Waals surface area contributed by atoms with Crippen molar-refractivity contribution in [3.8, 4) is 5.75 Å². The fraction of sp³-hybridized carbons (Fsp3) is 0.364. The number of carbonyl (C=O) groups is 2. The number of aryl methyl sites for hydroxylation is 1. The Hall–Kier alpha value is -2.56. The van der Waals surface area contributed by atoms with Crippen molar-refractivity contribution in [2.24, 2.45) is 0 Å². The van der Waals surface area contributed by atoms with Gasteiger partial charge in [-0.3, -0.25) is 4.79 Å². The number of para-hydroxylation sites is 1. The summed E-state index contributed by atoms with van der Waals surface area (Å²) in [6.07, 6.45) is 2.78. The summed E-state index contributed by atoms with van der Waals surface area (Å²) in [5, 5.41) is 13.0. The fourth-order valence-electron chi connectivity index (χ4n) is 3.66. The summed E-state index contributed by atoms with van der Waals surface area (Å²) in [5.41, 5.74) is 1.49. The van der Waals surface area contributed by atoms with Crippen LogP contribution in [0.2, 0.25) is 5.02 Å². The van der Waals surface area contributed by atoms with Gasteiger partial charge in [-0.05, 0) is 43.9 Å². The first kappa shape index (κ1) is 23.6. The number of hydrogen-bond donors (Lipinski definition) is 1. The number of amides is 1. The largest absolute Gasteiger partial charge is 0.484 e. The van der Waals surface area contributed by atoms with Gasteiger partial charge in [-0.25, -0.2) is 4.79 Å². The molecule has 11 heteroatoms. The molecule has 33 heavy (non-hydrogen) atoms. The quantitative estimate of drug-likeness (QED) is 0.334. The number of fused-ring (bicyclic) bond motifs is 1. The Labute approximate surface area is 204 Å². The molecule has 8 nitrogen and oxygen atoms in total. The van der Waals surface area contributed by atoms with E-state index >= 15 is 0 Å². The average molecular weight is 507 g/mol. The number of aromatic nitrogens is 3. The number of nitrogens with one attached hydrogen (secondary N) is 1. The summed E-state index contributed by atoms with van der Waals surface area (Å²) < 4.78 is 12.6. The monoisotopic (exact) mass is 506 g/mol. The van der Waals surface area contributed by atoms with Crippen molar-refractivity contribution in [2.75, 3.05) is 18.2 Å². The van der Waals surface area contributed by atoms with Crippen molar-refractivity contribution in [2.45, 2.75) is 44.5 Å². The molecule has 4 rings (SSSR count). The second kappa shape index (κ2) is 10.6. The summed E-state index contributed by atoms with van der Waals surface area (Å²) in [7, 11) is 1.35. The van der Waals surface area contributed by atoms with Gasteiger partial charge < -0.3 is 19.4 Å². The van der Waals surface area contributed by atoms with E-state index in [4.69, 9.17) is 21.1 Å². The molecule has 0 spiro atoms. The Morgan fingerprint density at radius 2 is 2.09 bits per heavy atom. The molecule has 0 bridgehead atoms. The van der Waals surface area contributed by atoms with E-state index in [1.165, 1.54) is 30.2 Å². The second-order valence-electron chi connectivity index (χ2n) is 7.25. The molecule has 0 saturated heterocycles. The maximum absolute atomic E-state index is 12.7. The highest BCUT2D eigenvalue weighted by Crippen LogP contribution is 2.39. The highest BCUT2D eigenvalue weighted by molar-refractivity contribution is 7.99. The number of benzene rings is 1. The van der Waals surface area contributed by atoms with Gasteiger partial charge in [-0.1, -0.05) is 35.5 Å². The minimum Gasteiger partial charge on any atom is -0.484 e. The maximum Gasteiger partial charge on any atom is 0.341 e. The van der Waals surface area contributed by atoms with Crippen molar-refractivity contribution >= 4 is 51.6 Å². The van der Waals surface area contributed by atoms with Gasteiger partial charge >= 0.3 is 5.97 Å². The lowest BCUT2D eigenvalue weighted by molar-refractivity contribution is -0.113. The molecule has 0 radical (unpaired) electrons. The lowest BCUT2D eigenvalue weighted by Gasteiger charge is -2.10. The van der Waals surface area contributed by atoms with E-state index in [1.807, 2.05) is 23.6 Å². The number of thiophene rings is 1. The molecule has 0 aliphatic heterocycles. The number of nitrogens with zero attached hydrogens (tertiary/aromatic N) is 3. The molecule has 1 N–H and O–H groups in total. The van der Waals surface area contributed by atoms with Gasteiger partial charge in [0.2, 0.25) is 5.91 Å². The van der Waals surface area contributed by atoms with Crippen LogP contribution in [0.1, 0.15) is 40.0 Å². The molecular formula is C22H23ClN4O4S2. The van der Waals surface area contributed by atoms with Gasteiger partial charge in [0.05, 0.1) is 23.4 Å². The van der Waals surface area contributed by atoms with E-state index in [2.05, 4.69) is 15.5 Å². The summed E-state index contributed by atoms with van der Waals surface area (Å²) in [6, 6.07) is 7.23. The zero-order chi connectivity index (χ0) is 23.4. The molecule has 1 aliphatic rings. The minimum atomic E-state index is -0.411. The molecule has 0 unspecified atom stereocenters. The lowest BCUT2D eigenvalue weighted by Crippen LogP contribution is -2.17. The maximum atomic E-state index is 12.7. The Morgan fingerprint density at radius 1 is 1.27 bits per heavy atom. The smallest absolute Gasteiger partial charge is 0.341 e. The molecule has 3 aromatic rings. The van der Waals surface area contributed by atoms with Crippen molar-refractivity contribution in [1.82, 2.24) is 14.8 Å². The summed E-state index contributed by atoms with van der Waals surface area (Å²) in [4.78, 5) is 26.1. The van der Waals surface area contributed by atoms with Crippen LogP contribution in [0.15, 0.2) is 29.4 Å². The van der Waals surface area contributed by atoms with Crippen molar-refractivity contribution in [3.63, 3.8) is 0 Å². The average Bonchev–Trinajstić information content (AvgIpc) is 3.50. The Kier molecular flexibility index (Phi) is 7.56. The Balaban J connectivity index is 1.39. The Morgan fingerprint density at radius 3 is 2.85 bits per heavy atom. The van der Waals surface area contributed by atoms with Crippen molar-refractivity contribution in [1.29, 1.82) is 0 Å². The first-order valence-electron chi connectivity index (χ1n) is 10.5. The number of carbonyl (C=O) groups excluding carboxylic acids is 2. The predicted octanol–water partition coefficient (Wildman–Crippen LogP) is 4.60. The molecule has 0 fully saturated rings. The minimum absolute atomic E-state index is 0.132. The number of methoxy groups -OCH3 is 1. The number of esters is 1. The van der Waals surface area contributed by atoms with Crippen LogP contribution in [-0.2, 0) is 35.5 Å². The molecule has 0 atom stereocenters. The van der Waals surface area contributed by atoms with Crippen LogP contribution in [0.25, 0.3) is 0 Å². The molecule has 2 heterocycles.